The minimum atomic E-state index is -4.45. The first-order valence-corrected chi connectivity index (χ1v) is 5.83. The van der Waals surface area contributed by atoms with Crippen LogP contribution in [0.1, 0.15) is 11.3 Å². The first-order valence-electron chi connectivity index (χ1n) is 5.83. The molecule has 2 aromatic carbocycles. The van der Waals surface area contributed by atoms with Gasteiger partial charge in [-0.2, -0.15) is 13.2 Å². The van der Waals surface area contributed by atoms with Gasteiger partial charge in [0.15, 0.2) is 5.69 Å². The number of hydrogen-bond acceptors (Lipinski definition) is 1. The summed E-state index contributed by atoms with van der Waals surface area (Å²) < 4.78 is 39.2. The van der Waals surface area contributed by atoms with Crippen LogP contribution in [0.15, 0.2) is 42.5 Å². The standard InChI is InChI=1S/C15H10F3N/c1-9-6-7-13-12(8-9)10-4-2-3-5-11(10)14(19-13)15(16,17)18/h2-8H,1H3. The molecule has 19 heavy (non-hydrogen) atoms. The van der Waals surface area contributed by atoms with Crippen molar-refractivity contribution >= 4 is 21.7 Å². The molecule has 0 aliphatic carbocycles. The van der Waals surface area contributed by atoms with Gasteiger partial charge in [-0.25, -0.2) is 4.98 Å². The summed E-state index contributed by atoms with van der Waals surface area (Å²) in [4.78, 5) is 3.79. The highest BCUT2D eigenvalue weighted by molar-refractivity contribution is 6.06. The van der Waals surface area contributed by atoms with Crippen molar-refractivity contribution in [2.45, 2.75) is 13.1 Å². The molecular formula is C15H10F3N. The predicted molar refractivity (Wildman–Crippen MR) is 69.0 cm³/mol. The molecule has 0 atom stereocenters. The summed E-state index contributed by atoms with van der Waals surface area (Å²) in [6.45, 7) is 1.91. The Balaban J connectivity index is 2.54. The molecule has 0 radical (unpaired) electrons. The molecule has 0 aliphatic heterocycles. The van der Waals surface area contributed by atoms with Crippen molar-refractivity contribution in [1.82, 2.24) is 4.98 Å². The molecule has 0 saturated heterocycles. The fourth-order valence-electron chi connectivity index (χ4n) is 2.28. The van der Waals surface area contributed by atoms with Gasteiger partial charge in [-0.3, -0.25) is 0 Å². The van der Waals surface area contributed by atoms with E-state index in [4.69, 9.17) is 0 Å². The number of pyridine rings is 1. The summed E-state index contributed by atoms with van der Waals surface area (Å²) in [6, 6.07) is 11.8. The fraction of sp³-hybridized carbons (Fsp3) is 0.133. The highest BCUT2D eigenvalue weighted by atomic mass is 19.4. The summed E-state index contributed by atoms with van der Waals surface area (Å²) in [5.41, 5.74) is 0.551. The number of benzene rings is 2. The summed E-state index contributed by atoms with van der Waals surface area (Å²) in [7, 11) is 0. The molecule has 4 heteroatoms. The van der Waals surface area contributed by atoms with Gasteiger partial charge in [0.1, 0.15) is 0 Å². The number of aromatic nitrogens is 1. The van der Waals surface area contributed by atoms with Crippen LogP contribution in [-0.2, 0) is 6.18 Å². The van der Waals surface area contributed by atoms with Crippen LogP contribution in [0.2, 0.25) is 0 Å². The van der Waals surface area contributed by atoms with E-state index in [-0.39, 0.29) is 5.39 Å². The zero-order valence-corrected chi connectivity index (χ0v) is 10.1. The lowest BCUT2D eigenvalue weighted by molar-refractivity contribution is -0.139. The average molecular weight is 261 g/mol. The minimum absolute atomic E-state index is 0.146. The molecule has 0 N–H and O–H groups in total. The maximum absolute atomic E-state index is 13.1. The number of halogens is 3. The lowest BCUT2D eigenvalue weighted by atomic mass is 10.0. The first kappa shape index (κ1) is 12.0. The zero-order valence-electron chi connectivity index (χ0n) is 10.1. The topological polar surface area (TPSA) is 12.9 Å². The monoisotopic (exact) mass is 261 g/mol. The highest BCUT2D eigenvalue weighted by Gasteiger charge is 2.35. The van der Waals surface area contributed by atoms with Gasteiger partial charge < -0.3 is 0 Å². The smallest absolute Gasteiger partial charge is 0.243 e. The molecule has 1 nitrogen and oxygen atoms in total. The van der Waals surface area contributed by atoms with E-state index >= 15 is 0 Å². The Hall–Kier alpha value is -2.10. The summed E-state index contributed by atoms with van der Waals surface area (Å²) in [5, 5.41) is 1.49. The van der Waals surface area contributed by atoms with Gasteiger partial charge in [0, 0.05) is 10.8 Å². The molecule has 1 heterocycles. The normalized spacial score (nSPS) is 12.2. The summed E-state index contributed by atoms with van der Waals surface area (Å²) in [6.07, 6.45) is -4.45. The SMILES string of the molecule is Cc1ccc2nc(C(F)(F)F)c3ccccc3c2c1. The van der Waals surface area contributed by atoms with Crippen LogP contribution in [-0.4, -0.2) is 4.98 Å². The van der Waals surface area contributed by atoms with Crippen LogP contribution in [0.5, 0.6) is 0 Å². The Kier molecular flexibility index (Phi) is 2.49. The second kappa shape index (κ2) is 3.95. The van der Waals surface area contributed by atoms with Crippen molar-refractivity contribution in [1.29, 1.82) is 0 Å². The van der Waals surface area contributed by atoms with E-state index in [0.29, 0.717) is 10.9 Å². The van der Waals surface area contributed by atoms with Crippen molar-refractivity contribution in [2.24, 2.45) is 0 Å². The molecule has 0 unspecified atom stereocenters. The van der Waals surface area contributed by atoms with Gasteiger partial charge in [0.25, 0.3) is 0 Å². The van der Waals surface area contributed by atoms with Crippen molar-refractivity contribution in [3.63, 3.8) is 0 Å². The fourth-order valence-corrected chi connectivity index (χ4v) is 2.28. The first-order chi connectivity index (χ1) is 8.97. The van der Waals surface area contributed by atoms with Gasteiger partial charge in [0.2, 0.25) is 0 Å². The third-order valence-electron chi connectivity index (χ3n) is 3.13. The van der Waals surface area contributed by atoms with E-state index in [1.54, 1.807) is 30.3 Å². The van der Waals surface area contributed by atoms with Gasteiger partial charge >= 0.3 is 6.18 Å². The van der Waals surface area contributed by atoms with E-state index in [0.717, 1.165) is 10.9 Å². The molecule has 0 fully saturated rings. The van der Waals surface area contributed by atoms with Gasteiger partial charge in [-0.05, 0) is 24.4 Å². The van der Waals surface area contributed by atoms with Crippen LogP contribution in [0.4, 0.5) is 13.2 Å². The number of alkyl halides is 3. The maximum atomic E-state index is 13.1. The van der Waals surface area contributed by atoms with Crippen LogP contribution in [0.25, 0.3) is 21.7 Å². The zero-order chi connectivity index (χ0) is 13.6. The highest BCUT2D eigenvalue weighted by Crippen LogP contribution is 2.36. The molecule has 0 bridgehead atoms. The Morgan fingerprint density at radius 2 is 1.58 bits per heavy atom. The maximum Gasteiger partial charge on any atom is 0.433 e. The number of nitrogens with zero attached hydrogens (tertiary/aromatic N) is 1. The van der Waals surface area contributed by atoms with E-state index in [2.05, 4.69) is 4.98 Å². The summed E-state index contributed by atoms with van der Waals surface area (Å²) in [5.74, 6) is 0. The molecule has 3 aromatic rings. The molecule has 3 rings (SSSR count). The van der Waals surface area contributed by atoms with E-state index < -0.39 is 11.9 Å². The predicted octanol–water partition coefficient (Wildman–Crippen LogP) is 4.72. The lowest BCUT2D eigenvalue weighted by Gasteiger charge is -2.12. The summed E-state index contributed by atoms with van der Waals surface area (Å²) >= 11 is 0. The third-order valence-corrected chi connectivity index (χ3v) is 3.13. The largest absolute Gasteiger partial charge is 0.433 e. The van der Waals surface area contributed by atoms with Crippen molar-refractivity contribution in [2.75, 3.05) is 0 Å². The van der Waals surface area contributed by atoms with Gasteiger partial charge in [-0.15, -0.1) is 0 Å². The Morgan fingerprint density at radius 3 is 2.26 bits per heavy atom. The second-order valence-electron chi connectivity index (χ2n) is 4.52. The number of hydrogen-bond donors (Lipinski definition) is 0. The molecule has 0 saturated carbocycles. The molecular weight excluding hydrogens is 251 g/mol. The number of rotatable bonds is 0. The lowest BCUT2D eigenvalue weighted by Crippen LogP contribution is -2.09. The second-order valence-corrected chi connectivity index (χ2v) is 4.52. The average Bonchev–Trinajstić information content (AvgIpc) is 2.37. The van der Waals surface area contributed by atoms with Crippen molar-refractivity contribution in [3.05, 3.63) is 53.7 Å². The van der Waals surface area contributed by atoms with Crippen molar-refractivity contribution in [3.8, 4) is 0 Å². The molecule has 0 amide bonds. The molecule has 96 valence electrons. The van der Waals surface area contributed by atoms with Gasteiger partial charge in [-0.1, -0.05) is 35.9 Å². The number of fused-ring (bicyclic) bond motifs is 3. The van der Waals surface area contributed by atoms with E-state index in [1.165, 1.54) is 6.07 Å². The van der Waals surface area contributed by atoms with Crippen LogP contribution in [0, 0.1) is 6.92 Å². The Bertz CT molecular complexity index is 775. The molecule has 1 aromatic heterocycles. The Labute approximate surface area is 107 Å². The molecule has 0 spiro atoms. The number of aryl methyl sites for hydroxylation is 1. The minimum Gasteiger partial charge on any atom is -0.243 e. The van der Waals surface area contributed by atoms with E-state index in [1.807, 2.05) is 13.0 Å². The van der Waals surface area contributed by atoms with Gasteiger partial charge in [0.05, 0.1) is 5.52 Å². The molecule has 0 aliphatic rings. The Morgan fingerprint density at radius 1 is 0.895 bits per heavy atom. The van der Waals surface area contributed by atoms with Crippen molar-refractivity contribution < 1.29 is 13.2 Å². The third kappa shape index (κ3) is 1.93. The van der Waals surface area contributed by atoms with Crippen LogP contribution in [0.3, 0.4) is 0 Å². The van der Waals surface area contributed by atoms with E-state index in [9.17, 15) is 13.2 Å². The van der Waals surface area contributed by atoms with Crippen LogP contribution < -0.4 is 0 Å². The van der Waals surface area contributed by atoms with Crippen LogP contribution >= 0.6 is 0 Å². The quantitative estimate of drug-likeness (QED) is 0.534.